The molecule has 0 bridgehead atoms. The van der Waals surface area contributed by atoms with Crippen molar-refractivity contribution >= 4 is 34.8 Å². The van der Waals surface area contributed by atoms with Gasteiger partial charge in [0.05, 0.1) is 16.5 Å². The molecule has 1 amide bonds. The number of amidine groups is 1. The van der Waals surface area contributed by atoms with Gasteiger partial charge in [-0.2, -0.15) is 5.26 Å². The van der Waals surface area contributed by atoms with Crippen LogP contribution in [0, 0.1) is 29.6 Å². The predicted octanol–water partition coefficient (Wildman–Crippen LogP) is 2.85. The van der Waals surface area contributed by atoms with Crippen LogP contribution >= 0.6 is 11.8 Å². The van der Waals surface area contributed by atoms with Crippen LogP contribution in [-0.4, -0.2) is 57.8 Å². The number of rotatable bonds is 6. The van der Waals surface area contributed by atoms with Crippen molar-refractivity contribution < 1.29 is 24.6 Å². The van der Waals surface area contributed by atoms with Crippen LogP contribution < -0.4 is 5.32 Å². The van der Waals surface area contributed by atoms with E-state index in [-0.39, 0.29) is 11.8 Å². The first kappa shape index (κ1) is 26.4. The summed E-state index contributed by atoms with van der Waals surface area (Å²) >= 11 is 1.20. The van der Waals surface area contributed by atoms with E-state index in [2.05, 4.69) is 33.3 Å². The standard InChI is InChI=1S/C20H20N4OS.C4H4O4/c1-2-9-22-19-18(26-20(25)23-19)12-15-7-10-24(11-8-15)14-17-5-3-16(13-21)4-6-17;5-3(6)1-2-4(7)8/h1,3-6,12,15H,7-11,14H2,(H,22,23,25);1-2H,(H,5,6)(H,7,8)/b18-12-;2-1+. The Balaban J connectivity index is 0.000000440. The van der Waals surface area contributed by atoms with Crippen molar-refractivity contribution in [2.45, 2.75) is 19.4 Å². The maximum atomic E-state index is 11.6. The number of carbonyl (C=O) groups is 3. The van der Waals surface area contributed by atoms with Crippen molar-refractivity contribution in [3.05, 3.63) is 58.5 Å². The van der Waals surface area contributed by atoms with Crippen LogP contribution in [0.4, 0.5) is 4.79 Å². The number of piperidine rings is 1. The Morgan fingerprint density at radius 1 is 1.21 bits per heavy atom. The molecule has 0 radical (unpaired) electrons. The SMILES string of the molecule is C#CCN=C1NC(=O)S/C1=C\C1CCN(Cc2ccc(C#N)cc2)CC1.O=C(O)/C=C/C(=O)O. The van der Waals surface area contributed by atoms with Gasteiger partial charge in [-0.05, 0) is 61.3 Å². The Morgan fingerprint density at radius 3 is 2.35 bits per heavy atom. The second-order valence-electron chi connectivity index (χ2n) is 7.35. The van der Waals surface area contributed by atoms with Gasteiger partial charge >= 0.3 is 11.9 Å². The first-order valence-electron chi connectivity index (χ1n) is 10.3. The second kappa shape index (κ2) is 13.6. The van der Waals surface area contributed by atoms with E-state index in [4.69, 9.17) is 21.9 Å². The molecule has 0 atom stereocenters. The number of nitrogens with one attached hydrogen (secondary N) is 1. The molecule has 2 heterocycles. The Bertz CT molecular complexity index is 1060. The monoisotopic (exact) mass is 480 g/mol. The predicted molar refractivity (Wildman–Crippen MR) is 129 cm³/mol. The van der Waals surface area contributed by atoms with E-state index in [1.54, 1.807) is 0 Å². The van der Waals surface area contributed by atoms with Crippen LogP contribution in [0.25, 0.3) is 0 Å². The number of carbonyl (C=O) groups excluding carboxylic acids is 1. The number of likely N-dealkylation sites (tertiary alicyclic amines) is 1. The van der Waals surface area contributed by atoms with Gasteiger partial charge in [-0.3, -0.25) is 14.7 Å². The maximum absolute atomic E-state index is 11.6. The molecular weight excluding hydrogens is 456 g/mol. The lowest BCUT2D eigenvalue weighted by atomic mass is 9.95. The van der Waals surface area contributed by atoms with Gasteiger partial charge < -0.3 is 15.5 Å². The first-order valence-corrected chi connectivity index (χ1v) is 11.2. The molecule has 0 unspecified atom stereocenters. The summed E-state index contributed by atoms with van der Waals surface area (Å²) in [6.45, 7) is 3.20. The summed E-state index contributed by atoms with van der Waals surface area (Å²) in [5.41, 5.74) is 1.92. The van der Waals surface area contributed by atoms with E-state index in [0.29, 0.717) is 29.5 Å². The molecule has 0 aromatic heterocycles. The number of aliphatic carboxylic acids is 2. The summed E-state index contributed by atoms with van der Waals surface area (Å²) in [7, 11) is 0. The smallest absolute Gasteiger partial charge is 0.328 e. The third-order valence-corrected chi connectivity index (χ3v) is 5.70. The number of nitrogens with zero attached hydrogens (tertiary/aromatic N) is 3. The molecule has 2 fully saturated rings. The minimum atomic E-state index is -1.26. The summed E-state index contributed by atoms with van der Waals surface area (Å²) in [5.74, 6) is 1.01. The van der Waals surface area contributed by atoms with Crippen molar-refractivity contribution in [3.8, 4) is 18.4 Å². The summed E-state index contributed by atoms with van der Waals surface area (Å²) in [4.78, 5) is 38.3. The van der Waals surface area contributed by atoms with Gasteiger partial charge in [-0.1, -0.05) is 24.1 Å². The number of benzene rings is 1. The van der Waals surface area contributed by atoms with Gasteiger partial charge in [-0.15, -0.1) is 6.42 Å². The zero-order valence-electron chi connectivity index (χ0n) is 18.3. The van der Waals surface area contributed by atoms with Gasteiger partial charge in [-0.25, -0.2) is 9.59 Å². The Kier molecular flexibility index (Phi) is 10.6. The summed E-state index contributed by atoms with van der Waals surface area (Å²) in [6, 6.07) is 9.92. The highest BCUT2D eigenvalue weighted by Gasteiger charge is 2.26. The minimum absolute atomic E-state index is 0.0923. The van der Waals surface area contributed by atoms with E-state index in [0.717, 1.165) is 37.4 Å². The summed E-state index contributed by atoms with van der Waals surface area (Å²) in [6.07, 6.45) is 10.6. The molecule has 176 valence electrons. The fourth-order valence-corrected chi connectivity index (χ4v) is 4.08. The zero-order chi connectivity index (χ0) is 24.9. The largest absolute Gasteiger partial charge is 0.478 e. The maximum Gasteiger partial charge on any atom is 0.328 e. The lowest BCUT2D eigenvalue weighted by Gasteiger charge is -2.30. The Morgan fingerprint density at radius 2 is 1.82 bits per heavy atom. The number of nitriles is 1. The van der Waals surface area contributed by atoms with E-state index < -0.39 is 11.9 Å². The number of thioether (sulfide) groups is 1. The number of carboxylic acids is 2. The number of hydrogen-bond acceptors (Lipinski definition) is 7. The number of amides is 1. The van der Waals surface area contributed by atoms with Gasteiger partial charge in [0.15, 0.2) is 0 Å². The molecule has 1 aromatic carbocycles. The molecule has 0 saturated carbocycles. The Labute approximate surface area is 201 Å². The van der Waals surface area contributed by atoms with Gasteiger partial charge in [0.25, 0.3) is 5.24 Å². The van der Waals surface area contributed by atoms with Gasteiger partial charge in [0.2, 0.25) is 0 Å². The average Bonchev–Trinajstić information content (AvgIpc) is 3.17. The van der Waals surface area contributed by atoms with Crippen molar-refractivity contribution in [1.29, 1.82) is 5.26 Å². The fourth-order valence-electron chi connectivity index (χ4n) is 3.26. The molecule has 3 rings (SSSR count). The van der Waals surface area contributed by atoms with Crippen LogP contribution in [0.1, 0.15) is 24.0 Å². The van der Waals surface area contributed by atoms with E-state index in [9.17, 15) is 14.4 Å². The number of carboxylic acid groups (broad SMARTS) is 2. The molecule has 34 heavy (non-hydrogen) atoms. The molecule has 0 aliphatic carbocycles. The third-order valence-electron chi connectivity index (χ3n) is 4.86. The van der Waals surface area contributed by atoms with Crippen LogP contribution in [0.15, 0.2) is 52.4 Å². The van der Waals surface area contributed by atoms with E-state index in [1.807, 2.05) is 24.3 Å². The minimum Gasteiger partial charge on any atom is -0.478 e. The molecule has 9 nitrogen and oxygen atoms in total. The molecule has 0 spiro atoms. The number of terminal acetylenes is 1. The molecule has 2 aliphatic heterocycles. The van der Waals surface area contributed by atoms with Gasteiger partial charge in [0, 0.05) is 18.7 Å². The van der Waals surface area contributed by atoms with Crippen LogP contribution in [-0.2, 0) is 16.1 Å². The second-order valence-corrected chi connectivity index (χ2v) is 8.36. The van der Waals surface area contributed by atoms with E-state index in [1.165, 1.54) is 17.3 Å². The normalized spacial score (nSPS) is 18.7. The highest BCUT2D eigenvalue weighted by atomic mass is 32.2. The molecule has 3 N–H and O–H groups in total. The summed E-state index contributed by atoms with van der Waals surface area (Å²) in [5, 5.41) is 27.2. The number of allylic oxidation sites excluding steroid dienone is 1. The number of aliphatic imine (C=N–C) groups is 1. The first-order chi connectivity index (χ1) is 16.3. The highest BCUT2D eigenvalue weighted by molar-refractivity contribution is 8.18. The van der Waals surface area contributed by atoms with Crippen LogP contribution in [0.5, 0.6) is 0 Å². The quantitative estimate of drug-likeness (QED) is 0.417. The molecule has 2 saturated heterocycles. The molecule has 10 heteroatoms. The van der Waals surface area contributed by atoms with Crippen LogP contribution in [0.3, 0.4) is 0 Å². The molecule has 2 aliphatic rings. The van der Waals surface area contributed by atoms with Gasteiger partial charge in [0.1, 0.15) is 12.4 Å². The topological polar surface area (TPSA) is 143 Å². The average molecular weight is 481 g/mol. The van der Waals surface area contributed by atoms with Crippen molar-refractivity contribution in [3.63, 3.8) is 0 Å². The Hall–Kier alpha value is -3.86. The fraction of sp³-hybridized carbons (Fsp3) is 0.292. The van der Waals surface area contributed by atoms with Crippen molar-refractivity contribution in [2.75, 3.05) is 19.6 Å². The lowest BCUT2D eigenvalue weighted by molar-refractivity contribution is -0.134. The third kappa shape index (κ3) is 9.33. The molecule has 1 aromatic rings. The lowest BCUT2D eigenvalue weighted by Crippen LogP contribution is -2.32. The van der Waals surface area contributed by atoms with Crippen LogP contribution in [0.2, 0.25) is 0 Å². The molecular formula is C24H24N4O5S. The highest BCUT2D eigenvalue weighted by Crippen LogP contribution is 2.29. The summed E-state index contributed by atoms with van der Waals surface area (Å²) < 4.78 is 0. The van der Waals surface area contributed by atoms with Crippen molar-refractivity contribution in [2.24, 2.45) is 10.9 Å². The van der Waals surface area contributed by atoms with E-state index >= 15 is 0 Å². The number of hydrogen-bond donors (Lipinski definition) is 3. The van der Waals surface area contributed by atoms with Crippen molar-refractivity contribution in [1.82, 2.24) is 10.2 Å². The zero-order valence-corrected chi connectivity index (χ0v) is 19.1.